The second-order valence-electron chi connectivity index (χ2n) is 5.28. The Bertz CT molecular complexity index is 219. The Morgan fingerprint density at radius 2 is 1.94 bits per heavy atom. The van der Waals surface area contributed by atoms with Crippen LogP contribution in [0, 0.1) is 5.92 Å². The summed E-state index contributed by atoms with van der Waals surface area (Å²) >= 11 is 3.60. The van der Waals surface area contributed by atoms with Gasteiger partial charge in [-0.3, -0.25) is 4.90 Å². The fourth-order valence-electron chi connectivity index (χ4n) is 2.79. The van der Waals surface area contributed by atoms with Crippen molar-refractivity contribution < 1.29 is 4.74 Å². The van der Waals surface area contributed by atoms with E-state index in [1.54, 1.807) is 0 Å². The van der Waals surface area contributed by atoms with Crippen LogP contribution in [0.15, 0.2) is 0 Å². The van der Waals surface area contributed by atoms with Crippen LogP contribution >= 0.6 is 15.9 Å². The molecule has 0 amide bonds. The molecule has 2 rings (SSSR count). The molecule has 2 heterocycles. The Kier molecular flexibility index (Phi) is 5.74. The molecule has 0 bridgehead atoms. The molecule has 0 N–H and O–H groups in total. The van der Waals surface area contributed by atoms with E-state index < -0.39 is 0 Å². The Morgan fingerprint density at radius 1 is 1.18 bits per heavy atom. The summed E-state index contributed by atoms with van der Waals surface area (Å²) in [4.78, 5) is 5.09. The first kappa shape index (κ1) is 13.8. The molecule has 1 atom stereocenters. The van der Waals surface area contributed by atoms with Gasteiger partial charge in [-0.15, -0.1) is 0 Å². The van der Waals surface area contributed by atoms with E-state index in [4.69, 9.17) is 4.74 Å². The van der Waals surface area contributed by atoms with Crippen molar-refractivity contribution in [2.24, 2.45) is 5.92 Å². The molecule has 100 valence electrons. The molecule has 2 aliphatic rings. The molecule has 4 heteroatoms. The largest absolute Gasteiger partial charge is 0.374 e. The van der Waals surface area contributed by atoms with Crippen molar-refractivity contribution in [3.8, 4) is 0 Å². The van der Waals surface area contributed by atoms with Crippen molar-refractivity contribution in [1.29, 1.82) is 0 Å². The van der Waals surface area contributed by atoms with Gasteiger partial charge in [-0.25, -0.2) is 0 Å². The molecule has 0 radical (unpaired) electrons. The van der Waals surface area contributed by atoms with Gasteiger partial charge in [-0.1, -0.05) is 22.9 Å². The van der Waals surface area contributed by atoms with Crippen LogP contribution in [0.3, 0.4) is 0 Å². The summed E-state index contributed by atoms with van der Waals surface area (Å²) in [5, 5.41) is 1.17. The number of piperidine rings is 1. The van der Waals surface area contributed by atoms with Crippen molar-refractivity contribution in [2.45, 2.75) is 25.9 Å². The average molecular weight is 305 g/mol. The standard InChI is InChI=1S/C13H25BrN2O/c1-2-15-7-8-17-13(10-15)11-16-5-3-12(9-14)4-6-16/h12-13H,2-11H2,1H3. The van der Waals surface area contributed by atoms with Crippen LogP contribution in [-0.2, 0) is 4.74 Å². The fourth-order valence-corrected chi connectivity index (χ4v) is 3.44. The number of hydrogen-bond acceptors (Lipinski definition) is 3. The third-order valence-electron chi connectivity index (χ3n) is 4.06. The molecule has 0 aromatic carbocycles. The lowest BCUT2D eigenvalue weighted by Crippen LogP contribution is -2.48. The average Bonchev–Trinajstić information content (AvgIpc) is 2.40. The van der Waals surface area contributed by atoms with Gasteiger partial charge in [0, 0.05) is 25.0 Å². The second-order valence-corrected chi connectivity index (χ2v) is 5.93. The first-order chi connectivity index (χ1) is 8.31. The topological polar surface area (TPSA) is 15.7 Å². The minimum atomic E-state index is 0.434. The van der Waals surface area contributed by atoms with Crippen molar-refractivity contribution in [3.63, 3.8) is 0 Å². The maximum absolute atomic E-state index is 5.87. The highest BCUT2D eigenvalue weighted by atomic mass is 79.9. The third kappa shape index (κ3) is 4.19. The van der Waals surface area contributed by atoms with Crippen molar-refractivity contribution >= 4 is 15.9 Å². The highest BCUT2D eigenvalue weighted by Crippen LogP contribution is 2.19. The van der Waals surface area contributed by atoms with E-state index in [1.807, 2.05) is 0 Å². The predicted molar refractivity (Wildman–Crippen MR) is 74.8 cm³/mol. The second kappa shape index (κ2) is 7.07. The molecule has 3 nitrogen and oxygen atoms in total. The zero-order chi connectivity index (χ0) is 12.1. The SMILES string of the molecule is CCN1CCOC(CN2CCC(CBr)CC2)C1. The van der Waals surface area contributed by atoms with Crippen molar-refractivity contribution in [1.82, 2.24) is 9.80 Å². The Hall–Kier alpha value is 0.360. The highest BCUT2D eigenvalue weighted by molar-refractivity contribution is 9.09. The number of rotatable bonds is 4. The van der Waals surface area contributed by atoms with Crippen molar-refractivity contribution in [2.75, 3.05) is 51.2 Å². The number of ether oxygens (including phenoxy) is 1. The molecule has 2 saturated heterocycles. The van der Waals surface area contributed by atoms with E-state index >= 15 is 0 Å². The van der Waals surface area contributed by atoms with E-state index in [-0.39, 0.29) is 0 Å². The van der Waals surface area contributed by atoms with Gasteiger partial charge in [0.25, 0.3) is 0 Å². The third-order valence-corrected chi connectivity index (χ3v) is 4.97. The van der Waals surface area contributed by atoms with Gasteiger partial charge in [-0.05, 0) is 38.4 Å². The minimum absolute atomic E-state index is 0.434. The summed E-state index contributed by atoms with van der Waals surface area (Å²) in [7, 11) is 0. The van der Waals surface area contributed by atoms with Crippen LogP contribution in [0.5, 0.6) is 0 Å². The molecular formula is C13H25BrN2O. The van der Waals surface area contributed by atoms with Gasteiger partial charge in [0.1, 0.15) is 0 Å². The lowest BCUT2D eigenvalue weighted by Gasteiger charge is -2.37. The van der Waals surface area contributed by atoms with E-state index in [9.17, 15) is 0 Å². The summed E-state index contributed by atoms with van der Waals surface area (Å²) in [5.74, 6) is 0.894. The molecule has 2 aliphatic heterocycles. The molecule has 0 saturated carbocycles. The zero-order valence-electron chi connectivity index (χ0n) is 10.9. The van der Waals surface area contributed by atoms with Gasteiger partial charge in [-0.2, -0.15) is 0 Å². The fraction of sp³-hybridized carbons (Fsp3) is 1.00. The van der Waals surface area contributed by atoms with Crippen LogP contribution in [0.4, 0.5) is 0 Å². The summed E-state index contributed by atoms with van der Waals surface area (Å²) in [6.45, 7) is 10.2. The van der Waals surface area contributed by atoms with Gasteiger partial charge >= 0.3 is 0 Å². The van der Waals surface area contributed by atoms with Gasteiger partial charge in [0.15, 0.2) is 0 Å². The highest BCUT2D eigenvalue weighted by Gasteiger charge is 2.24. The number of morpholine rings is 1. The molecule has 0 aromatic rings. The monoisotopic (exact) mass is 304 g/mol. The molecule has 2 fully saturated rings. The molecule has 17 heavy (non-hydrogen) atoms. The molecule has 0 spiro atoms. The maximum atomic E-state index is 5.87. The summed E-state index contributed by atoms with van der Waals surface area (Å²) < 4.78 is 5.87. The number of halogens is 1. The number of hydrogen-bond donors (Lipinski definition) is 0. The van der Waals surface area contributed by atoms with Crippen LogP contribution in [-0.4, -0.2) is 67.1 Å². The van der Waals surface area contributed by atoms with Crippen LogP contribution < -0.4 is 0 Å². The summed E-state index contributed by atoms with van der Waals surface area (Å²) in [6.07, 6.45) is 3.12. The van der Waals surface area contributed by atoms with Crippen LogP contribution in [0.2, 0.25) is 0 Å². The molecular weight excluding hydrogens is 280 g/mol. The Morgan fingerprint density at radius 3 is 2.59 bits per heavy atom. The molecule has 0 aliphatic carbocycles. The lowest BCUT2D eigenvalue weighted by molar-refractivity contribution is -0.0449. The first-order valence-electron chi connectivity index (χ1n) is 6.94. The smallest absolute Gasteiger partial charge is 0.0829 e. The minimum Gasteiger partial charge on any atom is -0.374 e. The zero-order valence-corrected chi connectivity index (χ0v) is 12.5. The summed E-state index contributed by atoms with van der Waals surface area (Å²) in [5.41, 5.74) is 0. The Balaban J connectivity index is 1.70. The number of likely N-dealkylation sites (tertiary alicyclic amines) is 1. The van der Waals surface area contributed by atoms with Gasteiger partial charge in [0.05, 0.1) is 12.7 Å². The predicted octanol–water partition coefficient (Wildman–Crippen LogP) is 1.81. The van der Waals surface area contributed by atoms with E-state index in [1.165, 1.54) is 31.3 Å². The molecule has 1 unspecified atom stereocenters. The molecule has 0 aromatic heterocycles. The van der Waals surface area contributed by atoms with Gasteiger partial charge < -0.3 is 9.64 Å². The quantitative estimate of drug-likeness (QED) is 0.737. The van der Waals surface area contributed by atoms with E-state index in [2.05, 4.69) is 32.7 Å². The van der Waals surface area contributed by atoms with E-state index in [0.29, 0.717) is 6.10 Å². The first-order valence-corrected chi connectivity index (χ1v) is 8.06. The van der Waals surface area contributed by atoms with E-state index in [0.717, 1.165) is 38.7 Å². The summed E-state index contributed by atoms with van der Waals surface area (Å²) in [6, 6.07) is 0. The normalized spacial score (nSPS) is 29.6. The Labute approximate surface area is 114 Å². The van der Waals surface area contributed by atoms with Gasteiger partial charge in [0.2, 0.25) is 0 Å². The van der Waals surface area contributed by atoms with Crippen molar-refractivity contribution in [3.05, 3.63) is 0 Å². The number of likely N-dealkylation sites (N-methyl/N-ethyl adjacent to an activating group) is 1. The number of alkyl halides is 1. The lowest BCUT2D eigenvalue weighted by atomic mass is 9.99. The van der Waals surface area contributed by atoms with Crippen LogP contribution in [0.1, 0.15) is 19.8 Å². The van der Waals surface area contributed by atoms with Crippen LogP contribution in [0.25, 0.3) is 0 Å². The number of nitrogens with zero attached hydrogens (tertiary/aromatic N) is 2. The maximum Gasteiger partial charge on any atom is 0.0829 e.